The first kappa shape index (κ1) is 6.52. The number of alkyl halides is 3. The number of phenols is 1. The first-order valence-electron chi connectivity index (χ1n) is 3.28. The quantitative estimate of drug-likeness (QED) is 0.622. The summed E-state index contributed by atoms with van der Waals surface area (Å²) in [7, 11) is 0. The Labute approximate surface area is 62.5 Å². The number of hydrogen-bond donors (Lipinski definition) is 1. The van der Waals surface area contributed by atoms with Gasteiger partial charge in [-0.05, 0) is 12.1 Å². The minimum Gasteiger partial charge on any atom is -0.507 e. The van der Waals surface area contributed by atoms with E-state index in [4.69, 9.17) is 6.48 Å². The van der Waals surface area contributed by atoms with Crippen molar-refractivity contribution in [3.8, 4) is 5.75 Å². The van der Waals surface area contributed by atoms with Gasteiger partial charge in [-0.3, -0.25) is 0 Å². The van der Waals surface area contributed by atoms with Crippen molar-refractivity contribution in [2.45, 2.75) is 6.18 Å². The van der Waals surface area contributed by atoms with E-state index in [1.165, 1.54) is 0 Å². The van der Waals surface area contributed by atoms with Crippen LogP contribution in [0.3, 0.4) is 0 Å². The molecular formula is C7H5F3O. The zero-order chi connectivity index (χ0) is 9.35. The Morgan fingerprint density at radius 3 is 2.45 bits per heavy atom. The lowest BCUT2D eigenvalue weighted by atomic mass is 10.2. The SMILES string of the molecule is [2H]c1cccc(C(F)(F)F)c1O. The monoisotopic (exact) mass is 163 g/mol. The Hall–Kier alpha value is -1.19. The summed E-state index contributed by atoms with van der Waals surface area (Å²) in [6.45, 7) is 0. The smallest absolute Gasteiger partial charge is 0.419 e. The van der Waals surface area contributed by atoms with Crippen LogP contribution in [0.4, 0.5) is 13.2 Å². The van der Waals surface area contributed by atoms with E-state index < -0.39 is 23.5 Å². The third-order valence-electron chi connectivity index (χ3n) is 1.14. The Morgan fingerprint density at radius 2 is 2.00 bits per heavy atom. The van der Waals surface area contributed by atoms with Crippen molar-refractivity contribution in [1.82, 2.24) is 0 Å². The van der Waals surface area contributed by atoms with E-state index in [1.807, 2.05) is 0 Å². The molecule has 0 aromatic heterocycles. The maximum atomic E-state index is 12.0. The Morgan fingerprint density at radius 1 is 1.36 bits per heavy atom. The second kappa shape index (κ2) is 2.45. The van der Waals surface area contributed by atoms with Crippen molar-refractivity contribution in [3.05, 3.63) is 29.8 Å². The van der Waals surface area contributed by atoms with Gasteiger partial charge in [0, 0.05) is 0 Å². The lowest BCUT2D eigenvalue weighted by molar-refractivity contribution is -0.138. The molecule has 4 heteroatoms. The molecule has 0 atom stereocenters. The fourth-order valence-electron chi connectivity index (χ4n) is 0.657. The normalized spacial score (nSPS) is 12.8. The third kappa shape index (κ3) is 1.63. The first-order valence-corrected chi connectivity index (χ1v) is 2.78. The maximum absolute atomic E-state index is 12.0. The number of rotatable bonds is 0. The zero-order valence-electron chi connectivity index (χ0n) is 6.31. The largest absolute Gasteiger partial charge is 0.507 e. The van der Waals surface area contributed by atoms with Crippen LogP contribution in [-0.4, -0.2) is 5.11 Å². The summed E-state index contributed by atoms with van der Waals surface area (Å²) >= 11 is 0. The van der Waals surface area contributed by atoms with Crippen LogP contribution in [0, 0.1) is 0 Å². The molecule has 0 bridgehead atoms. The number of halogens is 3. The standard InChI is InChI=1S/C7H5F3O/c8-7(9,10)5-3-1-2-4-6(5)11/h1-4,11H/i4D. The topological polar surface area (TPSA) is 20.2 Å². The van der Waals surface area contributed by atoms with E-state index in [0.29, 0.717) is 0 Å². The summed E-state index contributed by atoms with van der Waals surface area (Å²) in [5.41, 5.74) is -1.17. The molecule has 0 aliphatic rings. The molecule has 1 N–H and O–H groups in total. The van der Waals surface area contributed by atoms with E-state index in [9.17, 15) is 13.2 Å². The number of phenolic OH excluding ortho intramolecular Hbond substituents is 1. The van der Waals surface area contributed by atoms with Crippen molar-refractivity contribution >= 4 is 0 Å². The van der Waals surface area contributed by atoms with Gasteiger partial charge >= 0.3 is 6.18 Å². The molecule has 0 saturated heterocycles. The predicted molar refractivity (Wildman–Crippen MR) is 33.1 cm³/mol. The average Bonchev–Trinajstić information content (AvgIpc) is 1.92. The van der Waals surface area contributed by atoms with Gasteiger partial charge < -0.3 is 5.11 Å². The van der Waals surface area contributed by atoms with Crippen LogP contribution in [0.25, 0.3) is 0 Å². The van der Waals surface area contributed by atoms with Gasteiger partial charge in [-0.2, -0.15) is 13.2 Å². The molecule has 11 heavy (non-hydrogen) atoms. The minimum atomic E-state index is -4.60. The number of para-hydroxylation sites is 1. The summed E-state index contributed by atoms with van der Waals surface area (Å²) < 4.78 is 42.8. The molecule has 0 unspecified atom stereocenters. The molecule has 0 saturated carbocycles. The Balaban J connectivity index is 3.26. The second-order valence-corrected chi connectivity index (χ2v) is 1.93. The van der Waals surface area contributed by atoms with Crippen LogP contribution >= 0.6 is 0 Å². The lowest BCUT2D eigenvalue weighted by Crippen LogP contribution is -2.04. The second-order valence-electron chi connectivity index (χ2n) is 1.93. The van der Waals surface area contributed by atoms with Gasteiger partial charge in [-0.15, -0.1) is 0 Å². The molecule has 0 amide bonds. The summed E-state index contributed by atoms with van der Waals surface area (Å²) in [6.07, 6.45) is -4.60. The highest BCUT2D eigenvalue weighted by Gasteiger charge is 2.33. The molecule has 1 aromatic carbocycles. The van der Waals surface area contributed by atoms with Crippen LogP contribution in [0.2, 0.25) is 0 Å². The van der Waals surface area contributed by atoms with Crippen molar-refractivity contribution in [1.29, 1.82) is 0 Å². The Kier molecular flexibility index (Phi) is 1.45. The van der Waals surface area contributed by atoms with E-state index >= 15 is 0 Å². The summed E-state index contributed by atoms with van der Waals surface area (Å²) in [6, 6.07) is 2.37. The highest BCUT2D eigenvalue weighted by molar-refractivity contribution is 5.33. The highest BCUT2D eigenvalue weighted by Crippen LogP contribution is 2.34. The molecular weight excluding hydrogens is 157 g/mol. The third-order valence-corrected chi connectivity index (χ3v) is 1.14. The lowest BCUT2D eigenvalue weighted by Gasteiger charge is -2.06. The first-order chi connectivity index (χ1) is 5.43. The molecule has 0 heterocycles. The van der Waals surface area contributed by atoms with Gasteiger partial charge in [-0.25, -0.2) is 0 Å². The summed E-state index contributed by atoms with van der Waals surface area (Å²) in [5.74, 6) is -1.02. The van der Waals surface area contributed by atoms with Crippen LogP contribution in [-0.2, 0) is 6.18 Å². The molecule has 1 rings (SSSR count). The van der Waals surface area contributed by atoms with Crippen molar-refractivity contribution in [2.24, 2.45) is 0 Å². The molecule has 1 aromatic rings. The van der Waals surface area contributed by atoms with Crippen molar-refractivity contribution < 1.29 is 19.6 Å². The van der Waals surface area contributed by atoms with Crippen molar-refractivity contribution in [3.63, 3.8) is 0 Å². The van der Waals surface area contributed by atoms with E-state index in [2.05, 4.69) is 0 Å². The van der Waals surface area contributed by atoms with Gasteiger partial charge in [0.1, 0.15) is 5.75 Å². The molecule has 0 radical (unpaired) electrons. The molecule has 0 aliphatic carbocycles. The van der Waals surface area contributed by atoms with Crippen LogP contribution in [0.15, 0.2) is 24.2 Å². The van der Waals surface area contributed by atoms with Crippen LogP contribution < -0.4 is 0 Å². The molecule has 60 valence electrons. The summed E-state index contributed by atoms with van der Waals surface area (Å²) in [5, 5.41) is 8.83. The zero-order valence-corrected chi connectivity index (χ0v) is 5.31. The van der Waals surface area contributed by atoms with Crippen LogP contribution in [0.5, 0.6) is 5.75 Å². The van der Waals surface area contributed by atoms with Crippen LogP contribution in [0.1, 0.15) is 6.93 Å². The maximum Gasteiger partial charge on any atom is 0.419 e. The van der Waals surface area contributed by atoms with Crippen molar-refractivity contribution in [2.75, 3.05) is 0 Å². The van der Waals surface area contributed by atoms with E-state index in [0.717, 1.165) is 18.2 Å². The fraction of sp³-hybridized carbons (Fsp3) is 0.143. The van der Waals surface area contributed by atoms with Gasteiger partial charge in [0.05, 0.1) is 6.93 Å². The molecule has 0 fully saturated rings. The van der Waals surface area contributed by atoms with Gasteiger partial charge in [-0.1, -0.05) is 12.1 Å². The molecule has 0 spiro atoms. The summed E-state index contributed by atoms with van der Waals surface area (Å²) in [4.78, 5) is 0. The van der Waals surface area contributed by atoms with Gasteiger partial charge in [0.25, 0.3) is 0 Å². The fourth-order valence-corrected chi connectivity index (χ4v) is 0.657. The predicted octanol–water partition coefficient (Wildman–Crippen LogP) is 2.41. The van der Waals surface area contributed by atoms with Gasteiger partial charge in [0.15, 0.2) is 0 Å². The number of aromatic hydroxyl groups is 1. The average molecular weight is 163 g/mol. The van der Waals surface area contributed by atoms with E-state index in [1.54, 1.807) is 0 Å². The number of hydrogen-bond acceptors (Lipinski definition) is 1. The molecule has 0 aliphatic heterocycles. The number of benzene rings is 1. The highest BCUT2D eigenvalue weighted by atomic mass is 19.4. The minimum absolute atomic E-state index is 0.523. The Bertz CT molecular complexity index is 295. The van der Waals surface area contributed by atoms with E-state index in [-0.39, 0.29) is 0 Å². The molecule has 1 nitrogen and oxygen atoms in total. The van der Waals surface area contributed by atoms with Gasteiger partial charge in [0.2, 0.25) is 0 Å².